The quantitative estimate of drug-likeness (QED) is 0.862. The number of carbonyl (C=O) groups is 1. The maximum Gasteiger partial charge on any atom is 0.224 e. The highest BCUT2D eigenvalue weighted by Gasteiger charge is 2.21. The topological polar surface area (TPSA) is 46.3 Å². The van der Waals surface area contributed by atoms with E-state index >= 15 is 0 Å². The van der Waals surface area contributed by atoms with E-state index < -0.39 is 0 Å². The lowest BCUT2D eigenvalue weighted by Crippen LogP contribution is -2.40. The molecule has 18 heavy (non-hydrogen) atoms. The van der Waals surface area contributed by atoms with Gasteiger partial charge in [0.2, 0.25) is 5.91 Å². The Bertz CT molecular complexity index is 360. The molecule has 1 atom stereocenters. The Morgan fingerprint density at radius 3 is 2.50 bits per heavy atom. The van der Waals surface area contributed by atoms with E-state index in [0.29, 0.717) is 18.9 Å². The average Bonchev–Trinajstić information content (AvgIpc) is 2.77. The fourth-order valence-electron chi connectivity index (χ4n) is 1.68. The van der Waals surface area contributed by atoms with Crippen molar-refractivity contribution in [3.63, 3.8) is 0 Å². The second-order valence-corrected chi connectivity index (χ2v) is 6.34. The fourth-order valence-corrected chi connectivity index (χ4v) is 2.39. The number of hydrogen-bond donors (Lipinski definition) is 1. The molecule has 102 valence electrons. The summed E-state index contributed by atoms with van der Waals surface area (Å²) in [6, 6.07) is 4.24. The summed E-state index contributed by atoms with van der Waals surface area (Å²) < 4.78 is 0. The van der Waals surface area contributed by atoms with E-state index in [4.69, 9.17) is 5.73 Å². The zero-order valence-corrected chi connectivity index (χ0v) is 12.5. The third kappa shape index (κ3) is 4.42. The van der Waals surface area contributed by atoms with Crippen LogP contribution < -0.4 is 5.73 Å². The van der Waals surface area contributed by atoms with Gasteiger partial charge in [0.1, 0.15) is 0 Å². The number of thiophene rings is 1. The van der Waals surface area contributed by atoms with Gasteiger partial charge in [-0.1, -0.05) is 19.9 Å². The van der Waals surface area contributed by atoms with E-state index in [-0.39, 0.29) is 18.0 Å². The average molecular weight is 268 g/mol. The van der Waals surface area contributed by atoms with Gasteiger partial charge in [-0.3, -0.25) is 4.79 Å². The SMILES string of the molecule is CC(C)C(N)CC(=O)N(Cc1cccs1)C(C)C. The van der Waals surface area contributed by atoms with Gasteiger partial charge < -0.3 is 10.6 Å². The first kappa shape index (κ1) is 15.2. The maximum atomic E-state index is 12.3. The van der Waals surface area contributed by atoms with Crippen molar-refractivity contribution in [2.75, 3.05) is 0 Å². The van der Waals surface area contributed by atoms with Crippen molar-refractivity contribution < 1.29 is 4.79 Å². The molecular weight excluding hydrogens is 244 g/mol. The highest BCUT2D eigenvalue weighted by molar-refractivity contribution is 7.09. The summed E-state index contributed by atoms with van der Waals surface area (Å²) in [6.45, 7) is 8.89. The summed E-state index contributed by atoms with van der Waals surface area (Å²) in [5, 5.41) is 2.04. The summed E-state index contributed by atoms with van der Waals surface area (Å²) in [7, 11) is 0. The van der Waals surface area contributed by atoms with E-state index in [9.17, 15) is 4.79 Å². The minimum absolute atomic E-state index is 0.0536. The van der Waals surface area contributed by atoms with Crippen molar-refractivity contribution in [1.82, 2.24) is 4.90 Å². The smallest absolute Gasteiger partial charge is 0.224 e. The standard InChI is InChI=1S/C14H24N2OS/c1-10(2)13(15)8-14(17)16(11(3)4)9-12-6-5-7-18-12/h5-7,10-11,13H,8-9,15H2,1-4H3. The van der Waals surface area contributed by atoms with Crippen LogP contribution in [-0.2, 0) is 11.3 Å². The first-order valence-corrected chi connectivity index (χ1v) is 7.37. The summed E-state index contributed by atoms with van der Waals surface area (Å²) in [5.41, 5.74) is 5.98. The van der Waals surface area contributed by atoms with Crippen LogP contribution in [0.3, 0.4) is 0 Å². The first-order valence-electron chi connectivity index (χ1n) is 6.49. The molecule has 1 aromatic rings. The Balaban J connectivity index is 2.64. The van der Waals surface area contributed by atoms with E-state index in [1.54, 1.807) is 11.3 Å². The molecule has 1 heterocycles. The molecule has 0 saturated heterocycles. The van der Waals surface area contributed by atoms with E-state index in [1.165, 1.54) is 4.88 Å². The molecule has 0 aliphatic rings. The predicted octanol–water partition coefficient (Wildman–Crippen LogP) is 2.86. The molecule has 0 radical (unpaired) electrons. The molecule has 3 nitrogen and oxygen atoms in total. The minimum Gasteiger partial charge on any atom is -0.335 e. The highest BCUT2D eigenvalue weighted by atomic mass is 32.1. The molecule has 0 bridgehead atoms. The third-order valence-electron chi connectivity index (χ3n) is 3.12. The van der Waals surface area contributed by atoms with Crippen LogP contribution in [0, 0.1) is 5.92 Å². The lowest BCUT2D eigenvalue weighted by molar-refractivity contribution is -0.134. The lowest BCUT2D eigenvalue weighted by atomic mass is 10.0. The second kappa shape index (κ2) is 6.90. The molecule has 0 fully saturated rings. The highest BCUT2D eigenvalue weighted by Crippen LogP contribution is 2.16. The molecule has 1 aromatic heterocycles. The van der Waals surface area contributed by atoms with Gasteiger partial charge in [0, 0.05) is 23.4 Å². The van der Waals surface area contributed by atoms with Crippen molar-refractivity contribution >= 4 is 17.2 Å². The normalized spacial score (nSPS) is 13.1. The molecule has 0 saturated carbocycles. The number of hydrogen-bond acceptors (Lipinski definition) is 3. The largest absolute Gasteiger partial charge is 0.335 e. The van der Waals surface area contributed by atoms with Crippen molar-refractivity contribution in [3.05, 3.63) is 22.4 Å². The number of nitrogens with zero attached hydrogens (tertiary/aromatic N) is 1. The Morgan fingerprint density at radius 2 is 2.06 bits per heavy atom. The van der Waals surface area contributed by atoms with Gasteiger partial charge in [-0.25, -0.2) is 0 Å². The lowest BCUT2D eigenvalue weighted by Gasteiger charge is -2.28. The van der Waals surface area contributed by atoms with E-state index in [2.05, 4.69) is 19.9 Å². The van der Waals surface area contributed by atoms with Crippen molar-refractivity contribution in [1.29, 1.82) is 0 Å². The predicted molar refractivity (Wildman–Crippen MR) is 77.4 cm³/mol. The summed E-state index contributed by atoms with van der Waals surface area (Å²) >= 11 is 1.69. The van der Waals surface area contributed by atoms with Gasteiger partial charge in [-0.15, -0.1) is 11.3 Å². The van der Waals surface area contributed by atoms with Crippen LogP contribution in [0.2, 0.25) is 0 Å². The third-order valence-corrected chi connectivity index (χ3v) is 3.98. The van der Waals surface area contributed by atoms with Crippen molar-refractivity contribution in [2.45, 2.75) is 52.7 Å². The zero-order valence-electron chi connectivity index (χ0n) is 11.7. The number of rotatable bonds is 6. The van der Waals surface area contributed by atoms with Crippen molar-refractivity contribution in [2.24, 2.45) is 11.7 Å². The molecule has 1 unspecified atom stereocenters. The number of amides is 1. The van der Waals surface area contributed by atoms with Gasteiger partial charge in [0.15, 0.2) is 0 Å². The Kier molecular flexibility index (Phi) is 5.82. The monoisotopic (exact) mass is 268 g/mol. The molecule has 2 N–H and O–H groups in total. The number of carbonyl (C=O) groups excluding carboxylic acids is 1. The number of nitrogens with two attached hydrogens (primary N) is 1. The van der Waals surface area contributed by atoms with Crippen LogP contribution in [0.4, 0.5) is 0 Å². The summed E-state index contributed by atoms with van der Waals surface area (Å²) in [6.07, 6.45) is 0.432. The van der Waals surface area contributed by atoms with Crippen LogP contribution in [0.5, 0.6) is 0 Å². The van der Waals surface area contributed by atoms with E-state index in [0.717, 1.165) is 0 Å². The molecular formula is C14H24N2OS. The molecule has 4 heteroatoms. The van der Waals surface area contributed by atoms with Gasteiger partial charge in [-0.2, -0.15) is 0 Å². The molecule has 0 spiro atoms. The van der Waals surface area contributed by atoms with Crippen molar-refractivity contribution in [3.8, 4) is 0 Å². The van der Waals surface area contributed by atoms with Crippen LogP contribution in [-0.4, -0.2) is 22.9 Å². The van der Waals surface area contributed by atoms with Crippen LogP contribution in [0.15, 0.2) is 17.5 Å². The fraction of sp³-hybridized carbons (Fsp3) is 0.643. The first-order chi connectivity index (χ1) is 8.41. The van der Waals surface area contributed by atoms with Gasteiger partial charge in [0.05, 0.1) is 6.54 Å². The molecule has 0 aromatic carbocycles. The minimum atomic E-state index is -0.0536. The van der Waals surface area contributed by atoms with Gasteiger partial charge in [0.25, 0.3) is 0 Å². The van der Waals surface area contributed by atoms with Crippen LogP contribution >= 0.6 is 11.3 Å². The summed E-state index contributed by atoms with van der Waals surface area (Å²) in [5.74, 6) is 0.490. The Morgan fingerprint density at radius 1 is 1.39 bits per heavy atom. The van der Waals surface area contributed by atoms with Crippen LogP contribution in [0.1, 0.15) is 39.0 Å². The van der Waals surface area contributed by atoms with Gasteiger partial charge in [-0.05, 0) is 31.2 Å². The second-order valence-electron chi connectivity index (χ2n) is 5.31. The molecule has 1 amide bonds. The Labute approximate surface area is 114 Å². The maximum absolute atomic E-state index is 12.3. The van der Waals surface area contributed by atoms with Gasteiger partial charge >= 0.3 is 0 Å². The zero-order chi connectivity index (χ0) is 13.7. The molecule has 1 rings (SSSR count). The van der Waals surface area contributed by atoms with E-state index in [1.807, 2.05) is 30.2 Å². The molecule has 0 aliphatic heterocycles. The Hall–Kier alpha value is -0.870. The summed E-state index contributed by atoms with van der Waals surface area (Å²) in [4.78, 5) is 15.4. The van der Waals surface area contributed by atoms with Crippen LogP contribution in [0.25, 0.3) is 0 Å². The molecule has 0 aliphatic carbocycles.